The first-order chi connectivity index (χ1) is 12.0. The predicted molar refractivity (Wildman–Crippen MR) is 98.8 cm³/mol. The number of nitrogens with zero attached hydrogens (tertiary/aromatic N) is 1. The van der Waals surface area contributed by atoms with Crippen LogP contribution in [0.1, 0.15) is 22.8 Å². The number of hydrogen-bond acceptors (Lipinski definition) is 4. The molecule has 0 aliphatic carbocycles. The van der Waals surface area contributed by atoms with Crippen molar-refractivity contribution < 1.29 is 14.3 Å². The van der Waals surface area contributed by atoms with Crippen LogP contribution in [-0.2, 0) is 9.53 Å². The van der Waals surface area contributed by atoms with Gasteiger partial charge < -0.3 is 10.1 Å². The molecule has 0 bridgehead atoms. The molecule has 2 rings (SSSR count). The highest BCUT2D eigenvalue weighted by molar-refractivity contribution is 9.10. The molecular weight excluding hydrogens is 384 g/mol. The highest BCUT2D eigenvalue weighted by Gasteiger charge is 2.11. The van der Waals surface area contributed by atoms with E-state index in [1.807, 2.05) is 18.2 Å². The molecule has 5 nitrogen and oxygen atoms in total. The Labute approximate surface area is 154 Å². The van der Waals surface area contributed by atoms with E-state index in [4.69, 9.17) is 4.74 Å². The first kappa shape index (κ1) is 18.4. The Morgan fingerprint density at radius 2 is 1.80 bits per heavy atom. The quantitative estimate of drug-likeness (QED) is 0.465. The van der Waals surface area contributed by atoms with Gasteiger partial charge in [0, 0.05) is 10.2 Å². The Hall–Kier alpha value is -2.91. The van der Waals surface area contributed by atoms with Gasteiger partial charge in [-0.2, -0.15) is 5.26 Å². The molecule has 0 spiro atoms. The summed E-state index contributed by atoms with van der Waals surface area (Å²) >= 11 is 3.33. The molecule has 0 aliphatic heterocycles. The van der Waals surface area contributed by atoms with Gasteiger partial charge in [-0.3, -0.25) is 4.79 Å². The van der Waals surface area contributed by atoms with Crippen LogP contribution in [-0.4, -0.2) is 18.5 Å². The fourth-order valence-electron chi connectivity index (χ4n) is 1.98. The van der Waals surface area contributed by atoms with Crippen LogP contribution >= 0.6 is 15.9 Å². The lowest BCUT2D eigenvalue weighted by atomic mass is 10.1. The summed E-state index contributed by atoms with van der Waals surface area (Å²) in [4.78, 5) is 23.8. The molecule has 2 aromatic rings. The number of nitriles is 1. The van der Waals surface area contributed by atoms with Crippen molar-refractivity contribution in [2.75, 3.05) is 11.9 Å². The van der Waals surface area contributed by atoms with Crippen LogP contribution in [0.2, 0.25) is 0 Å². The summed E-state index contributed by atoms with van der Waals surface area (Å²) in [7, 11) is 0. The lowest BCUT2D eigenvalue weighted by Gasteiger charge is -2.06. The molecule has 0 saturated carbocycles. The van der Waals surface area contributed by atoms with Crippen molar-refractivity contribution in [3.8, 4) is 6.07 Å². The van der Waals surface area contributed by atoms with Crippen LogP contribution in [0.15, 0.2) is 58.6 Å². The summed E-state index contributed by atoms with van der Waals surface area (Å²) < 4.78 is 5.81. The van der Waals surface area contributed by atoms with Crippen LogP contribution < -0.4 is 5.32 Å². The Balaban J connectivity index is 2.10. The van der Waals surface area contributed by atoms with Crippen molar-refractivity contribution in [3.05, 3.63) is 69.7 Å². The number of anilines is 1. The number of carbonyl (C=O) groups excluding carboxylic acids is 2. The molecule has 0 heterocycles. The van der Waals surface area contributed by atoms with Crippen molar-refractivity contribution in [2.24, 2.45) is 0 Å². The summed E-state index contributed by atoms with van der Waals surface area (Å²) in [5, 5.41) is 11.8. The van der Waals surface area contributed by atoms with Crippen LogP contribution in [0, 0.1) is 11.3 Å². The normalized spacial score (nSPS) is 10.7. The highest BCUT2D eigenvalue weighted by atomic mass is 79.9. The maximum absolute atomic E-state index is 12.2. The van der Waals surface area contributed by atoms with E-state index in [9.17, 15) is 14.9 Å². The smallest absolute Gasteiger partial charge is 0.338 e. The van der Waals surface area contributed by atoms with Gasteiger partial charge in [0.25, 0.3) is 5.91 Å². The van der Waals surface area contributed by atoms with Crippen molar-refractivity contribution in [1.82, 2.24) is 0 Å². The van der Waals surface area contributed by atoms with Crippen molar-refractivity contribution in [3.63, 3.8) is 0 Å². The Morgan fingerprint density at radius 3 is 2.36 bits per heavy atom. The molecule has 126 valence electrons. The van der Waals surface area contributed by atoms with Crippen LogP contribution in [0.3, 0.4) is 0 Å². The Kier molecular flexibility index (Phi) is 6.49. The minimum atomic E-state index is -0.519. The number of amides is 1. The van der Waals surface area contributed by atoms with Gasteiger partial charge in [0.05, 0.1) is 12.2 Å². The molecule has 0 radical (unpaired) electrons. The molecule has 0 atom stereocenters. The molecule has 25 heavy (non-hydrogen) atoms. The maximum Gasteiger partial charge on any atom is 0.338 e. The van der Waals surface area contributed by atoms with Gasteiger partial charge in [-0.1, -0.05) is 28.1 Å². The van der Waals surface area contributed by atoms with Crippen molar-refractivity contribution in [2.45, 2.75) is 6.92 Å². The number of ether oxygens (including phenoxy) is 1. The molecule has 1 amide bonds. The van der Waals surface area contributed by atoms with Crippen LogP contribution in [0.4, 0.5) is 5.69 Å². The van der Waals surface area contributed by atoms with E-state index in [0.717, 1.165) is 10.0 Å². The number of carbonyl (C=O) groups is 2. The average molecular weight is 399 g/mol. The number of benzene rings is 2. The standard InChI is InChI=1S/C19H15BrN2O3/c1-2-25-19(24)14-5-9-17(10-6-14)22-18(23)15(12-21)11-13-3-7-16(20)8-4-13/h3-11H,2H2,1H3,(H,22,23)/b15-11+. The molecule has 0 fully saturated rings. The third-order valence-electron chi connectivity index (χ3n) is 3.20. The molecule has 0 saturated heterocycles. The minimum absolute atomic E-state index is 0.0169. The van der Waals surface area contributed by atoms with E-state index in [2.05, 4.69) is 21.2 Å². The summed E-state index contributed by atoms with van der Waals surface area (Å²) in [5.74, 6) is -0.942. The van der Waals surface area contributed by atoms with E-state index in [0.29, 0.717) is 17.9 Å². The summed E-state index contributed by atoms with van der Waals surface area (Å²) in [5.41, 5.74) is 1.60. The van der Waals surface area contributed by atoms with E-state index in [1.165, 1.54) is 6.08 Å². The largest absolute Gasteiger partial charge is 0.462 e. The molecule has 0 aromatic heterocycles. The lowest BCUT2D eigenvalue weighted by molar-refractivity contribution is -0.112. The zero-order valence-corrected chi connectivity index (χ0v) is 15.0. The second-order valence-corrected chi connectivity index (χ2v) is 5.89. The zero-order chi connectivity index (χ0) is 18.2. The fraction of sp³-hybridized carbons (Fsp3) is 0.105. The van der Waals surface area contributed by atoms with E-state index < -0.39 is 11.9 Å². The number of halogens is 1. The van der Waals surface area contributed by atoms with E-state index in [-0.39, 0.29) is 5.57 Å². The van der Waals surface area contributed by atoms with E-state index in [1.54, 1.807) is 43.3 Å². The summed E-state index contributed by atoms with van der Waals surface area (Å²) in [6.07, 6.45) is 1.51. The molecule has 2 aromatic carbocycles. The van der Waals surface area contributed by atoms with Crippen molar-refractivity contribution in [1.29, 1.82) is 5.26 Å². The maximum atomic E-state index is 12.2. The second kappa shape index (κ2) is 8.81. The molecule has 6 heteroatoms. The number of nitrogens with one attached hydrogen (secondary N) is 1. The monoisotopic (exact) mass is 398 g/mol. The SMILES string of the molecule is CCOC(=O)c1ccc(NC(=O)/C(C#N)=C/c2ccc(Br)cc2)cc1. The Morgan fingerprint density at radius 1 is 1.16 bits per heavy atom. The topological polar surface area (TPSA) is 79.2 Å². The van der Waals surface area contributed by atoms with Crippen LogP contribution in [0.25, 0.3) is 6.08 Å². The van der Waals surface area contributed by atoms with Gasteiger partial charge in [0.1, 0.15) is 11.6 Å². The number of esters is 1. The summed E-state index contributed by atoms with van der Waals surface area (Å²) in [6.45, 7) is 2.03. The van der Waals surface area contributed by atoms with E-state index >= 15 is 0 Å². The van der Waals surface area contributed by atoms with Gasteiger partial charge >= 0.3 is 5.97 Å². The van der Waals surface area contributed by atoms with Gasteiger partial charge in [0.15, 0.2) is 0 Å². The molecule has 0 unspecified atom stereocenters. The third kappa shape index (κ3) is 5.30. The lowest BCUT2D eigenvalue weighted by Crippen LogP contribution is -2.13. The molecule has 0 aliphatic rings. The first-order valence-electron chi connectivity index (χ1n) is 7.49. The third-order valence-corrected chi connectivity index (χ3v) is 3.73. The Bertz CT molecular complexity index is 834. The van der Waals surface area contributed by atoms with Gasteiger partial charge in [0.2, 0.25) is 0 Å². The molecule has 1 N–H and O–H groups in total. The fourth-order valence-corrected chi connectivity index (χ4v) is 2.24. The minimum Gasteiger partial charge on any atom is -0.462 e. The highest BCUT2D eigenvalue weighted by Crippen LogP contribution is 2.15. The number of rotatable bonds is 5. The van der Waals surface area contributed by atoms with Crippen LogP contribution in [0.5, 0.6) is 0 Å². The zero-order valence-electron chi connectivity index (χ0n) is 13.5. The van der Waals surface area contributed by atoms with Gasteiger partial charge in [-0.25, -0.2) is 4.79 Å². The second-order valence-electron chi connectivity index (χ2n) is 4.97. The number of hydrogen-bond donors (Lipinski definition) is 1. The van der Waals surface area contributed by atoms with Gasteiger partial charge in [-0.05, 0) is 55.0 Å². The van der Waals surface area contributed by atoms with Crippen molar-refractivity contribution >= 4 is 39.6 Å². The average Bonchev–Trinajstić information content (AvgIpc) is 2.62. The first-order valence-corrected chi connectivity index (χ1v) is 8.28. The van der Waals surface area contributed by atoms with Gasteiger partial charge in [-0.15, -0.1) is 0 Å². The predicted octanol–water partition coefficient (Wildman–Crippen LogP) is 4.17. The molecular formula is C19H15BrN2O3. The summed E-state index contributed by atoms with van der Waals surface area (Å²) in [6, 6.07) is 15.4.